The number of nitrogens with zero attached hydrogens (tertiary/aromatic N) is 2. The van der Waals surface area contributed by atoms with Crippen molar-refractivity contribution in [1.82, 2.24) is 15.1 Å². The van der Waals surface area contributed by atoms with Crippen molar-refractivity contribution in [2.45, 2.75) is 11.4 Å². The minimum Gasteiger partial charge on any atom is -0.493 e. The normalized spacial score (nSPS) is 18.0. The Morgan fingerprint density at radius 2 is 1.84 bits per heavy atom. The Morgan fingerprint density at radius 3 is 2.38 bits per heavy atom. The molecule has 32 heavy (non-hydrogen) atoms. The third-order valence-electron chi connectivity index (χ3n) is 5.09. The van der Waals surface area contributed by atoms with Crippen molar-refractivity contribution in [3.8, 4) is 17.2 Å². The topological polar surface area (TPSA) is 80.3 Å². The number of nitrogens with one attached hydrogen (secondary N) is 1. The van der Waals surface area contributed by atoms with Gasteiger partial charge in [-0.1, -0.05) is 6.07 Å². The zero-order valence-corrected chi connectivity index (χ0v) is 20.5. The SMILES string of the molecule is COc1cc(C(=O)N2C(C(=O)NCCN(C)C)CSC2c2cccs2)cc(OC)c1OC. The predicted molar refractivity (Wildman–Crippen MR) is 127 cm³/mol. The summed E-state index contributed by atoms with van der Waals surface area (Å²) < 4.78 is 16.2. The van der Waals surface area contributed by atoms with E-state index in [4.69, 9.17) is 14.2 Å². The molecular formula is C22H29N3O5S2. The van der Waals surface area contributed by atoms with Crippen LogP contribution in [0.15, 0.2) is 29.6 Å². The van der Waals surface area contributed by atoms with Crippen LogP contribution in [-0.4, -0.2) is 81.9 Å². The average molecular weight is 480 g/mol. The van der Waals surface area contributed by atoms with E-state index in [1.165, 1.54) is 21.3 Å². The standard InChI is InChI=1S/C22H29N3O5S2/c1-24(2)9-8-23-20(26)15-13-32-22(18-7-6-10-31-18)25(15)21(27)14-11-16(28-3)19(30-5)17(12-14)29-4/h6-7,10-12,15,22H,8-9,13H2,1-5H3,(H,23,26). The first kappa shape index (κ1) is 24.2. The monoisotopic (exact) mass is 479 g/mol. The lowest BCUT2D eigenvalue weighted by molar-refractivity contribution is -0.124. The first-order chi connectivity index (χ1) is 15.4. The third kappa shape index (κ3) is 5.13. The van der Waals surface area contributed by atoms with E-state index in [-0.39, 0.29) is 17.2 Å². The van der Waals surface area contributed by atoms with E-state index in [1.807, 2.05) is 36.5 Å². The Kier molecular flexibility index (Phi) is 8.27. The summed E-state index contributed by atoms with van der Waals surface area (Å²) in [7, 11) is 8.43. The molecule has 0 spiro atoms. The van der Waals surface area contributed by atoms with Gasteiger partial charge in [0.15, 0.2) is 11.5 Å². The second kappa shape index (κ2) is 10.9. The molecule has 2 aromatic rings. The van der Waals surface area contributed by atoms with Crippen LogP contribution in [0.2, 0.25) is 0 Å². The van der Waals surface area contributed by atoms with Gasteiger partial charge < -0.3 is 29.3 Å². The molecule has 0 aliphatic carbocycles. The molecule has 10 heteroatoms. The minimum absolute atomic E-state index is 0.154. The van der Waals surface area contributed by atoms with E-state index in [2.05, 4.69) is 5.32 Å². The van der Waals surface area contributed by atoms with Crippen molar-refractivity contribution in [3.63, 3.8) is 0 Å². The molecule has 1 aromatic heterocycles. The Bertz CT molecular complexity index is 911. The second-order valence-corrected chi connectivity index (χ2v) is 9.53. The zero-order chi connectivity index (χ0) is 23.3. The quantitative estimate of drug-likeness (QED) is 0.592. The number of thiophene rings is 1. The van der Waals surface area contributed by atoms with E-state index in [0.717, 1.165) is 11.4 Å². The van der Waals surface area contributed by atoms with Crippen LogP contribution >= 0.6 is 23.1 Å². The van der Waals surface area contributed by atoms with Crippen molar-refractivity contribution < 1.29 is 23.8 Å². The minimum atomic E-state index is -0.583. The predicted octanol–water partition coefficient (Wildman–Crippen LogP) is 2.71. The number of benzene rings is 1. The van der Waals surface area contributed by atoms with Gasteiger partial charge in [0.2, 0.25) is 11.7 Å². The Morgan fingerprint density at radius 1 is 1.16 bits per heavy atom. The maximum absolute atomic E-state index is 13.8. The lowest BCUT2D eigenvalue weighted by Gasteiger charge is -2.29. The highest BCUT2D eigenvalue weighted by Gasteiger charge is 2.43. The van der Waals surface area contributed by atoms with E-state index in [1.54, 1.807) is 40.1 Å². The highest BCUT2D eigenvalue weighted by molar-refractivity contribution is 7.99. The van der Waals surface area contributed by atoms with Gasteiger partial charge in [0, 0.05) is 29.3 Å². The van der Waals surface area contributed by atoms with Crippen LogP contribution in [0.4, 0.5) is 0 Å². The molecule has 1 N–H and O–H groups in total. The molecule has 2 heterocycles. The number of likely N-dealkylation sites (N-methyl/N-ethyl adjacent to an activating group) is 1. The van der Waals surface area contributed by atoms with Gasteiger partial charge in [-0.25, -0.2) is 0 Å². The van der Waals surface area contributed by atoms with Crippen LogP contribution in [0.25, 0.3) is 0 Å². The largest absolute Gasteiger partial charge is 0.493 e. The van der Waals surface area contributed by atoms with Crippen molar-refractivity contribution in [3.05, 3.63) is 40.1 Å². The molecule has 1 aliphatic rings. The first-order valence-electron chi connectivity index (χ1n) is 10.1. The summed E-state index contributed by atoms with van der Waals surface area (Å²) >= 11 is 3.16. The molecule has 2 unspecified atom stereocenters. The number of hydrogen-bond acceptors (Lipinski definition) is 8. The Balaban J connectivity index is 1.95. The molecule has 174 valence electrons. The van der Waals surface area contributed by atoms with Crippen LogP contribution < -0.4 is 19.5 Å². The molecule has 0 saturated carbocycles. The number of ether oxygens (including phenoxy) is 3. The maximum Gasteiger partial charge on any atom is 0.256 e. The van der Waals surface area contributed by atoms with Crippen LogP contribution in [0.3, 0.4) is 0 Å². The number of carbonyl (C=O) groups excluding carboxylic acids is 2. The van der Waals surface area contributed by atoms with Gasteiger partial charge in [0.05, 0.1) is 21.3 Å². The molecule has 1 fully saturated rings. The highest BCUT2D eigenvalue weighted by atomic mass is 32.2. The van der Waals surface area contributed by atoms with Crippen molar-refractivity contribution in [2.24, 2.45) is 0 Å². The number of methoxy groups -OCH3 is 3. The first-order valence-corrected chi connectivity index (χ1v) is 12.0. The van der Waals surface area contributed by atoms with Gasteiger partial charge in [-0.3, -0.25) is 9.59 Å². The van der Waals surface area contributed by atoms with Crippen LogP contribution in [-0.2, 0) is 4.79 Å². The maximum atomic E-state index is 13.8. The molecule has 1 aromatic carbocycles. The second-order valence-electron chi connectivity index (χ2n) is 7.44. The summed E-state index contributed by atoms with van der Waals surface area (Å²) in [5, 5.41) is 4.70. The summed E-state index contributed by atoms with van der Waals surface area (Å²) in [4.78, 5) is 31.5. The molecule has 2 atom stereocenters. The number of hydrogen-bond donors (Lipinski definition) is 1. The van der Waals surface area contributed by atoms with Gasteiger partial charge in [-0.2, -0.15) is 0 Å². The molecule has 3 rings (SSSR count). The lowest BCUT2D eigenvalue weighted by atomic mass is 10.1. The summed E-state index contributed by atoms with van der Waals surface area (Å²) in [6.45, 7) is 1.24. The van der Waals surface area contributed by atoms with Gasteiger partial charge in [-0.05, 0) is 37.7 Å². The van der Waals surface area contributed by atoms with Gasteiger partial charge in [-0.15, -0.1) is 23.1 Å². The number of thioether (sulfide) groups is 1. The third-order valence-corrected chi connectivity index (χ3v) is 7.47. The van der Waals surface area contributed by atoms with Crippen molar-refractivity contribution in [2.75, 3.05) is 54.3 Å². The van der Waals surface area contributed by atoms with Crippen LogP contribution in [0.1, 0.15) is 20.6 Å². The summed E-state index contributed by atoms with van der Waals surface area (Å²) in [6, 6.07) is 6.61. The van der Waals surface area contributed by atoms with Crippen molar-refractivity contribution >= 4 is 34.9 Å². The molecular weight excluding hydrogens is 450 g/mol. The molecule has 0 bridgehead atoms. The fourth-order valence-electron chi connectivity index (χ4n) is 3.48. The molecule has 8 nitrogen and oxygen atoms in total. The molecule has 0 radical (unpaired) electrons. The lowest BCUT2D eigenvalue weighted by Crippen LogP contribution is -2.48. The fraction of sp³-hybridized carbons (Fsp3) is 0.455. The Hall–Kier alpha value is -2.43. The number of rotatable bonds is 9. The summed E-state index contributed by atoms with van der Waals surface area (Å²) in [5.41, 5.74) is 0.370. The number of amides is 2. The van der Waals surface area contributed by atoms with E-state index >= 15 is 0 Å². The van der Waals surface area contributed by atoms with Gasteiger partial charge in [0.25, 0.3) is 5.91 Å². The summed E-state index contributed by atoms with van der Waals surface area (Å²) in [6.07, 6.45) is 0. The van der Waals surface area contributed by atoms with E-state index in [0.29, 0.717) is 35.1 Å². The van der Waals surface area contributed by atoms with Gasteiger partial charge >= 0.3 is 0 Å². The molecule has 1 aliphatic heterocycles. The van der Waals surface area contributed by atoms with Crippen LogP contribution in [0.5, 0.6) is 17.2 Å². The average Bonchev–Trinajstić information content (AvgIpc) is 3.46. The van der Waals surface area contributed by atoms with Gasteiger partial charge in [0.1, 0.15) is 11.4 Å². The summed E-state index contributed by atoms with van der Waals surface area (Å²) in [5.74, 6) is 1.30. The molecule has 2 amide bonds. The molecule has 1 saturated heterocycles. The zero-order valence-electron chi connectivity index (χ0n) is 18.9. The highest BCUT2D eigenvalue weighted by Crippen LogP contribution is 2.45. The van der Waals surface area contributed by atoms with E-state index in [9.17, 15) is 9.59 Å². The van der Waals surface area contributed by atoms with Crippen molar-refractivity contribution in [1.29, 1.82) is 0 Å². The van der Waals surface area contributed by atoms with Crippen LogP contribution in [0, 0.1) is 0 Å². The fourth-order valence-corrected chi connectivity index (χ4v) is 5.88. The smallest absolute Gasteiger partial charge is 0.256 e. The van der Waals surface area contributed by atoms with E-state index < -0.39 is 6.04 Å². The Labute approximate surface area is 196 Å². The number of carbonyl (C=O) groups is 2.